The van der Waals surface area contributed by atoms with Gasteiger partial charge in [0.25, 0.3) is 0 Å². The molecule has 0 spiro atoms. The molecule has 0 aromatic heterocycles. The largest absolute Gasteiger partial charge is 0.481 e. The van der Waals surface area contributed by atoms with Crippen molar-refractivity contribution in [2.45, 2.75) is 13.0 Å². The fourth-order valence-electron chi connectivity index (χ4n) is 1.34. The van der Waals surface area contributed by atoms with Crippen molar-refractivity contribution in [3.63, 3.8) is 0 Å². The number of nitrogens with one attached hydrogen (secondary N) is 1. The zero-order chi connectivity index (χ0) is 14.4. The Kier molecular flexibility index (Phi) is 5.57. The number of carbonyl (C=O) groups excluding carboxylic acids is 1. The number of carboxylic acid groups (broad SMARTS) is 1. The number of aliphatic carboxylic acids is 1. The molecular weight excluding hydrogens is 275 g/mol. The normalized spacial score (nSPS) is 10.1. The van der Waals surface area contributed by atoms with Gasteiger partial charge in [0, 0.05) is 30.7 Å². The van der Waals surface area contributed by atoms with E-state index >= 15 is 0 Å². The highest BCUT2D eigenvalue weighted by Gasteiger charge is 2.11. The van der Waals surface area contributed by atoms with Crippen molar-refractivity contribution in [2.24, 2.45) is 0 Å². The average Bonchev–Trinajstić information content (AvgIpc) is 2.34. The zero-order valence-electron chi connectivity index (χ0n) is 10.3. The highest BCUT2D eigenvalue weighted by Crippen LogP contribution is 2.14. The van der Waals surface area contributed by atoms with E-state index in [1.165, 1.54) is 24.1 Å². The molecule has 2 N–H and O–H groups in total. The molecule has 0 saturated carbocycles. The molecule has 0 aliphatic heterocycles. The summed E-state index contributed by atoms with van der Waals surface area (Å²) in [5.74, 6) is -1.48. The molecule has 1 aromatic rings. The van der Waals surface area contributed by atoms with Crippen LogP contribution in [0.1, 0.15) is 12.0 Å². The summed E-state index contributed by atoms with van der Waals surface area (Å²) >= 11 is 5.61. The molecule has 2 amide bonds. The molecular formula is C12H14ClFN2O3. The van der Waals surface area contributed by atoms with Crippen molar-refractivity contribution in [1.82, 2.24) is 10.2 Å². The van der Waals surface area contributed by atoms with E-state index in [9.17, 15) is 14.0 Å². The van der Waals surface area contributed by atoms with Crippen LogP contribution in [0.25, 0.3) is 0 Å². The molecule has 5 nitrogen and oxygen atoms in total. The molecule has 0 fully saturated rings. The van der Waals surface area contributed by atoms with Gasteiger partial charge in [0.15, 0.2) is 0 Å². The summed E-state index contributed by atoms with van der Waals surface area (Å²) in [5, 5.41) is 11.3. The summed E-state index contributed by atoms with van der Waals surface area (Å²) in [6.07, 6.45) is -0.140. The summed E-state index contributed by atoms with van der Waals surface area (Å²) in [4.78, 5) is 23.2. The number of nitrogens with zero attached hydrogens (tertiary/aromatic N) is 1. The van der Waals surface area contributed by atoms with Gasteiger partial charge in [-0.25, -0.2) is 9.18 Å². The molecule has 0 unspecified atom stereocenters. The Hall–Kier alpha value is -1.82. The van der Waals surface area contributed by atoms with E-state index in [0.717, 1.165) is 6.07 Å². The second kappa shape index (κ2) is 6.94. The SMILES string of the molecule is CN(CCC(=O)O)C(=O)NCc1ccc(Cl)cc1F. The summed E-state index contributed by atoms with van der Waals surface area (Å²) in [6, 6.07) is 3.71. The van der Waals surface area contributed by atoms with Crippen molar-refractivity contribution in [3.05, 3.63) is 34.6 Å². The molecule has 104 valence electrons. The average molecular weight is 289 g/mol. The van der Waals surface area contributed by atoms with Gasteiger partial charge in [-0.05, 0) is 12.1 Å². The lowest BCUT2D eigenvalue weighted by Crippen LogP contribution is -2.38. The molecule has 7 heteroatoms. The molecule has 0 heterocycles. The van der Waals surface area contributed by atoms with Crippen molar-refractivity contribution in [1.29, 1.82) is 0 Å². The predicted octanol–water partition coefficient (Wildman–Crippen LogP) is 2.10. The standard InChI is InChI=1S/C12H14ClFN2O3/c1-16(5-4-11(17)18)12(19)15-7-8-2-3-9(13)6-10(8)14/h2-3,6H,4-5,7H2,1H3,(H,15,19)(H,17,18). The first kappa shape index (κ1) is 15.2. The van der Waals surface area contributed by atoms with Gasteiger partial charge in [0.1, 0.15) is 5.82 Å². The first-order valence-corrected chi connectivity index (χ1v) is 5.92. The van der Waals surface area contributed by atoms with Crippen LogP contribution in [0.2, 0.25) is 5.02 Å². The van der Waals surface area contributed by atoms with E-state index in [4.69, 9.17) is 16.7 Å². The van der Waals surface area contributed by atoms with Crippen LogP contribution in [0.5, 0.6) is 0 Å². The van der Waals surface area contributed by atoms with Gasteiger partial charge in [-0.3, -0.25) is 4.79 Å². The van der Waals surface area contributed by atoms with Crippen LogP contribution in [-0.2, 0) is 11.3 Å². The van der Waals surface area contributed by atoms with Crippen molar-refractivity contribution < 1.29 is 19.1 Å². The van der Waals surface area contributed by atoms with Crippen molar-refractivity contribution >= 4 is 23.6 Å². The Morgan fingerprint density at radius 3 is 2.74 bits per heavy atom. The lowest BCUT2D eigenvalue weighted by atomic mass is 10.2. The van der Waals surface area contributed by atoms with E-state index in [0.29, 0.717) is 5.56 Å². The maximum atomic E-state index is 13.4. The maximum Gasteiger partial charge on any atom is 0.317 e. The Balaban J connectivity index is 2.47. The number of hydrogen-bond acceptors (Lipinski definition) is 2. The molecule has 19 heavy (non-hydrogen) atoms. The second-order valence-electron chi connectivity index (χ2n) is 3.96. The van der Waals surface area contributed by atoms with Gasteiger partial charge in [-0.2, -0.15) is 0 Å². The molecule has 0 aliphatic carbocycles. The van der Waals surface area contributed by atoms with Crippen LogP contribution in [0, 0.1) is 5.82 Å². The van der Waals surface area contributed by atoms with Gasteiger partial charge in [-0.15, -0.1) is 0 Å². The van der Waals surface area contributed by atoms with E-state index in [-0.39, 0.29) is 24.5 Å². The van der Waals surface area contributed by atoms with Crippen LogP contribution in [0.15, 0.2) is 18.2 Å². The smallest absolute Gasteiger partial charge is 0.317 e. The third kappa shape index (κ3) is 5.13. The van der Waals surface area contributed by atoms with Gasteiger partial charge in [-0.1, -0.05) is 17.7 Å². The minimum absolute atomic E-state index is 0.0131. The van der Waals surface area contributed by atoms with Crippen LogP contribution in [-0.4, -0.2) is 35.6 Å². The van der Waals surface area contributed by atoms with E-state index in [1.807, 2.05) is 0 Å². The number of carbonyl (C=O) groups is 2. The lowest BCUT2D eigenvalue weighted by Gasteiger charge is -2.17. The van der Waals surface area contributed by atoms with Crippen molar-refractivity contribution in [3.8, 4) is 0 Å². The number of halogens is 2. The van der Waals surface area contributed by atoms with Gasteiger partial charge >= 0.3 is 12.0 Å². The third-order valence-corrected chi connectivity index (χ3v) is 2.69. The Morgan fingerprint density at radius 2 is 2.16 bits per heavy atom. The number of rotatable bonds is 5. The minimum atomic E-state index is -0.983. The van der Waals surface area contributed by atoms with Crippen LogP contribution in [0.4, 0.5) is 9.18 Å². The summed E-state index contributed by atoms with van der Waals surface area (Å²) in [7, 11) is 1.47. The lowest BCUT2D eigenvalue weighted by molar-refractivity contribution is -0.137. The van der Waals surface area contributed by atoms with E-state index in [2.05, 4.69) is 5.32 Å². The van der Waals surface area contributed by atoms with Crippen LogP contribution < -0.4 is 5.32 Å². The molecule has 0 radical (unpaired) electrons. The van der Waals surface area contributed by atoms with Crippen LogP contribution in [0.3, 0.4) is 0 Å². The van der Waals surface area contributed by atoms with Gasteiger partial charge in [0.2, 0.25) is 0 Å². The maximum absolute atomic E-state index is 13.4. The van der Waals surface area contributed by atoms with E-state index < -0.39 is 17.8 Å². The number of carboxylic acids is 1. The van der Waals surface area contributed by atoms with Crippen molar-refractivity contribution in [2.75, 3.05) is 13.6 Å². The molecule has 1 aromatic carbocycles. The summed E-state index contributed by atoms with van der Waals surface area (Å²) in [6.45, 7) is 0.101. The number of urea groups is 1. The monoisotopic (exact) mass is 288 g/mol. The topological polar surface area (TPSA) is 69.6 Å². The molecule has 0 atom stereocenters. The first-order valence-electron chi connectivity index (χ1n) is 5.55. The highest BCUT2D eigenvalue weighted by atomic mass is 35.5. The summed E-state index contributed by atoms with van der Waals surface area (Å²) < 4.78 is 13.4. The number of hydrogen-bond donors (Lipinski definition) is 2. The fraction of sp³-hybridized carbons (Fsp3) is 0.333. The molecule has 0 aliphatic rings. The zero-order valence-corrected chi connectivity index (χ0v) is 11.1. The highest BCUT2D eigenvalue weighted by molar-refractivity contribution is 6.30. The Bertz CT molecular complexity index is 482. The fourth-order valence-corrected chi connectivity index (χ4v) is 1.49. The first-order chi connectivity index (χ1) is 8.90. The number of benzene rings is 1. The minimum Gasteiger partial charge on any atom is -0.481 e. The Labute approximate surface area is 115 Å². The third-order valence-electron chi connectivity index (χ3n) is 2.45. The van der Waals surface area contributed by atoms with Gasteiger partial charge in [0.05, 0.1) is 6.42 Å². The van der Waals surface area contributed by atoms with E-state index in [1.54, 1.807) is 0 Å². The summed E-state index contributed by atoms with van der Waals surface area (Å²) in [5.41, 5.74) is 0.310. The van der Waals surface area contributed by atoms with Gasteiger partial charge < -0.3 is 15.3 Å². The second-order valence-corrected chi connectivity index (χ2v) is 4.40. The number of amides is 2. The quantitative estimate of drug-likeness (QED) is 0.872. The Morgan fingerprint density at radius 1 is 1.47 bits per heavy atom. The van der Waals surface area contributed by atoms with Crippen LogP contribution >= 0.6 is 11.6 Å². The predicted molar refractivity (Wildman–Crippen MR) is 68.5 cm³/mol. The molecule has 0 saturated heterocycles. The molecule has 0 bridgehead atoms. The molecule has 1 rings (SSSR count).